The van der Waals surface area contributed by atoms with Crippen molar-refractivity contribution in [3.8, 4) is 0 Å². The molecule has 0 nitrogen and oxygen atoms in total. The Bertz CT molecular complexity index is 297. The molecule has 0 N–H and O–H groups in total. The van der Waals surface area contributed by atoms with Gasteiger partial charge < -0.3 is 0 Å². The summed E-state index contributed by atoms with van der Waals surface area (Å²) in [5.41, 5.74) is 0. The van der Waals surface area contributed by atoms with E-state index in [4.69, 9.17) is 6.92 Å². The van der Waals surface area contributed by atoms with Crippen molar-refractivity contribution >= 4 is 0 Å². The molecule has 2 aliphatic carbocycles. The molecule has 22 heavy (non-hydrogen) atoms. The Labute approximate surface area is 140 Å². The maximum Gasteiger partial charge on any atom is -0.0350 e. The van der Waals surface area contributed by atoms with Gasteiger partial charge in [-0.1, -0.05) is 54.4 Å². The van der Waals surface area contributed by atoms with E-state index in [-0.39, 0.29) is 0 Å². The van der Waals surface area contributed by atoms with Gasteiger partial charge in [0.25, 0.3) is 0 Å². The molecule has 0 aromatic heterocycles. The molecule has 0 aromatic carbocycles. The minimum Gasteiger partial charge on any atom is -0.0625 e. The smallest absolute Gasteiger partial charge is 0.0350 e. The molecule has 0 aliphatic heterocycles. The van der Waals surface area contributed by atoms with Gasteiger partial charge in [-0.2, -0.15) is 0 Å². The van der Waals surface area contributed by atoms with Crippen LogP contribution in [0.1, 0.15) is 80.1 Å². The van der Waals surface area contributed by atoms with Crippen LogP contribution >= 0.6 is 0 Å². The Morgan fingerprint density at radius 1 is 0.636 bits per heavy atom. The average Bonchev–Trinajstić information content (AvgIpc) is 2.45. The molecule has 0 spiro atoms. The normalized spacial score (nSPS) is 41.9. The molecule has 0 saturated heterocycles. The van der Waals surface area contributed by atoms with Gasteiger partial charge in [-0.05, 0) is 85.9 Å². The highest BCUT2D eigenvalue weighted by atomic mass is 14.5. The molecule has 6 unspecified atom stereocenters. The first kappa shape index (κ1) is 18.3. The lowest BCUT2D eigenvalue weighted by Gasteiger charge is -2.48. The summed E-state index contributed by atoms with van der Waals surface area (Å²) in [5.74, 6) is 7.78. The zero-order valence-electron chi connectivity index (χ0n) is 16.1. The molecule has 1 radical (unpaired) electrons. The van der Waals surface area contributed by atoms with E-state index in [1.54, 1.807) is 0 Å². The van der Waals surface area contributed by atoms with E-state index in [0.717, 1.165) is 47.3 Å². The summed E-state index contributed by atoms with van der Waals surface area (Å²) in [5, 5.41) is 0. The van der Waals surface area contributed by atoms with Gasteiger partial charge in [0.2, 0.25) is 0 Å². The van der Waals surface area contributed by atoms with E-state index in [1.165, 1.54) is 38.5 Å². The summed E-state index contributed by atoms with van der Waals surface area (Å²) < 4.78 is 0. The molecule has 0 heterocycles. The van der Waals surface area contributed by atoms with E-state index in [2.05, 4.69) is 41.5 Å². The van der Waals surface area contributed by atoms with Crippen molar-refractivity contribution in [2.75, 3.05) is 0 Å². The van der Waals surface area contributed by atoms with Crippen LogP contribution in [0.2, 0.25) is 0 Å². The molecule has 6 atom stereocenters. The first-order valence-electron chi connectivity index (χ1n) is 10.1. The molecule has 2 aliphatic rings. The van der Waals surface area contributed by atoms with Gasteiger partial charge in [0.15, 0.2) is 0 Å². The Hall–Kier alpha value is 0. The summed E-state index contributed by atoms with van der Waals surface area (Å²) in [7, 11) is 0. The summed E-state index contributed by atoms with van der Waals surface area (Å²) in [6.45, 7) is 19.6. The number of hydrogen-bond donors (Lipinski definition) is 0. The third-order valence-corrected chi connectivity index (χ3v) is 7.25. The fourth-order valence-corrected chi connectivity index (χ4v) is 5.85. The Morgan fingerprint density at radius 3 is 1.32 bits per heavy atom. The highest BCUT2D eigenvalue weighted by molar-refractivity contribution is 4.93. The first-order valence-corrected chi connectivity index (χ1v) is 10.1. The van der Waals surface area contributed by atoms with Crippen LogP contribution in [0.15, 0.2) is 0 Å². The third-order valence-electron chi connectivity index (χ3n) is 7.25. The largest absolute Gasteiger partial charge is 0.0625 e. The van der Waals surface area contributed by atoms with Crippen molar-refractivity contribution < 1.29 is 0 Å². The van der Waals surface area contributed by atoms with Crippen LogP contribution in [0.5, 0.6) is 0 Å². The quantitative estimate of drug-likeness (QED) is 0.532. The van der Waals surface area contributed by atoms with Crippen LogP contribution in [0.4, 0.5) is 0 Å². The predicted molar refractivity (Wildman–Crippen MR) is 98.5 cm³/mol. The summed E-state index contributed by atoms with van der Waals surface area (Å²) in [6, 6.07) is 0. The molecule has 0 aromatic rings. The molecule has 2 saturated carbocycles. The van der Waals surface area contributed by atoms with E-state index in [0.29, 0.717) is 5.92 Å². The van der Waals surface area contributed by atoms with Crippen molar-refractivity contribution in [3.05, 3.63) is 6.92 Å². The number of rotatable bonds is 4. The van der Waals surface area contributed by atoms with E-state index in [1.807, 2.05) is 0 Å². The minimum atomic E-state index is 0.685. The van der Waals surface area contributed by atoms with Crippen LogP contribution in [-0.2, 0) is 0 Å². The van der Waals surface area contributed by atoms with E-state index in [9.17, 15) is 0 Å². The highest BCUT2D eigenvalue weighted by Crippen LogP contribution is 2.49. The van der Waals surface area contributed by atoms with Gasteiger partial charge in [-0.25, -0.2) is 0 Å². The molecule has 129 valence electrons. The Morgan fingerprint density at radius 2 is 1.00 bits per heavy atom. The van der Waals surface area contributed by atoms with Gasteiger partial charge in [0.1, 0.15) is 0 Å². The maximum absolute atomic E-state index is 4.82. The zero-order chi connectivity index (χ0) is 16.4. The monoisotopic (exact) mass is 305 g/mol. The molecule has 0 bridgehead atoms. The van der Waals surface area contributed by atoms with Crippen molar-refractivity contribution in [1.82, 2.24) is 0 Å². The zero-order valence-corrected chi connectivity index (χ0v) is 16.1. The Kier molecular flexibility index (Phi) is 6.43. The fourth-order valence-electron chi connectivity index (χ4n) is 5.85. The molecule has 2 fully saturated rings. The maximum atomic E-state index is 4.82. The van der Waals surface area contributed by atoms with Crippen LogP contribution in [-0.4, -0.2) is 0 Å². The second kappa shape index (κ2) is 7.71. The van der Waals surface area contributed by atoms with Crippen molar-refractivity contribution in [3.63, 3.8) is 0 Å². The predicted octanol–water partition coefficient (Wildman–Crippen LogP) is 6.85. The van der Waals surface area contributed by atoms with Gasteiger partial charge in [-0.15, -0.1) is 0 Å². The minimum absolute atomic E-state index is 0.685. The van der Waals surface area contributed by atoms with Crippen molar-refractivity contribution in [2.24, 2.45) is 53.3 Å². The average molecular weight is 306 g/mol. The lowest BCUT2D eigenvalue weighted by Crippen LogP contribution is -2.40. The fraction of sp³-hybridized carbons (Fsp3) is 0.955. The first-order chi connectivity index (χ1) is 10.3. The topological polar surface area (TPSA) is 0 Å². The molecular formula is C22H41. The van der Waals surface area contributed by atoms with Gasteiger partial charge in [-0.3, -0.25) is 0 Å². The second-order valence-electron chi connectivity index (χ2n) is 9.64. The summed E-state index contributed by atoms with van der Waals surface area (Å²) in [6.07, 6.45) is 8.66. The van der Waals surface area contributed by atoms with Crippen LogP contribution in [0.3, 0.4) is 0 Å². The Balaban J connectivity index is 2.16. The molecule has 0 amide bonds. The van der Waals surface area contributed by atoms with Crippen LogP contribution in [0.25, 0.3) is 0 Å². The highest BCUT2D eigenvalue weighted by Gasteiger charge is 2.41. The van der Waals surface area contributed by atoms with Gasteiger partial charge in [0, 0.05) is 0 Å². The molecule has 2 rings (SSSR count). The van der Waals surface area contributed by atoms with E-state index >= 15 is 0 Å². The van der Waals surface area contributed by atoms with E-state index < -0.39 is 0 Å². The molecular weight excluding hydrogens is 264 g/mol. The lowest BCUT2D eigenvalue weighted by molar-refractivity contribution is 0.0269. The third kappa shape index (κ3) is 4.09. The summed E-state index contributed by atoms with van der Waals surface area (Å²) >= 11 is 0. The standard InChI is InChI=1S/C22H41/c1-14(2)19-10-8-16(5)12-21(19)18(7)22-13-17(6)9-11-20(22)15(3)4/h14-22H,7-13H2,1-6H3. The number of hydrogen-bond acceptors (Lipinski definition) is 0. The van der Waals surface area contributed by atoms with Crippen molar-refractivity contribution in [2.45, 2.75) is 80.1 Å². The van der Waals surface area contributed by atoms with Gasteiger partial charge >= 0.3 is 0 Å². The van der Waals surface area contributed by atoms with Crippen LogP contribution < -0.4 is 0 Å². The molecule has 0 heteroatoms. The van der Waals surface area contributed by atoms with Crippen LogP contribution in [0, 0.1) is 60.2 Å². The summed E-state index contributed by atoms with van der Waals surface area (Å²) in [4.78, 5) is 0. The van der Waals surface area contributed by atoms with Gasteiger partial charge in [0.05, 0.1) is 0 Å². The SMILES string of the molecule is [CH2]C(C1CC(C)CCC1C(C)C)C1CC(C)CCC1C(C)C. The van der Waals surface area contributed by atoms with Crippen molar-refractivity contribution in [1.29, 1.82) is 0 Å². The lowest BCUT2D eigenvalue weighted by atomic mass is 9.57. The second-order valence-corrected chi connectivity index (χ2v) is 9.64.